The lowest BCUT2D eigenvalue weighted by molar-refractivity contribution is 0.134. The van der Waals surface area contributed by atoms with Gasteiger partial charge in [0.25, 0.3) is 0 Å². The fourth-order valence-corrected chi connectivity index (χ4v) is 2.75. The van der Waals surface area contributed by atoms with Crippen molar-refractivity contribution in [3.05, 3.63) is 0 Å². The van der Waals surface area contributed by atoms with Crippen LogP contribution in [0.2, 0.25) is 0 Å². The smallest absolute Gasteiger partial charge is 0.317 e. The van der Waals surface area contributed by atoms with Crippen LogP contribution in [0.3, 0.4) is 0 Å². The van der Waals surface area contributed by atoms with Gasteiger partial charge < -0.3 is 15.3 Å². The van der Waals surface area contributed by atoms with E-state index in [4.69, 9.17) is 5.11 Å². The summed E-state index contributed by atoms with van der Waals surface area (Å²) in [6.45, 7) is 3.27. The van der Waals surface area contributed by atoms with Crippen LogP contribution in [0.25, 0.3) is 0 Å². The zero-order valence-corrected chi connectivity index (χ0v) is 12.5. The first kappa shape index (κ1) is 16.3. The van der Waals surface area contributed by atoms with E-state index in [0.717, 1.165) is 38.6 Å². The lowest BCUT2D eigenvalue weighted by Gasteiger charge is -2.34. The van der Waals surface area contributed by atoms with Crippen LogP contribution in [0.1, 0.15) is 58.3 Å². The minimum Gasteiger partial charge on any atom is -0.396 e. The Morgan fingerprint density at radius 3 is 2.47 bits per heavy atom. The Kier molecular flexibility index (Phi) is 7.87. The van der Waals surface area contributed by atoms with Crippen LogP contribution < -0.4 is 5.32 Å². The molecule has 4 nitrogen and oxygen atoms in total. The van der Waals surface area contributed by atoms with Gasteiger partial charge in [-0.3, -0.25) is 0 Å². The van der Waals surface area contributed by atoms with Gasteiger partial charge in [0.15, 0.2) is 0 Å². The quantitative estimate of drug-likeness (QED) is 0.699. The number of amides is 2. The third kappa shape index (κ3) is 5.81. The van der Waals surface area contributed by atoms with E-state index in [2.05, 4.69) is 12.2 Å². The summed E-state index contributed by atoms with van der Waals surface area (Å²) in [6.07, 6.45) is 8.85. The Hall–Kier alpha value is -0.770. The number of aliphatic hydroxyl groups excluding tert-OH is 1. The number of unbranched alkanes of at least 4 members (excludes halogenated alkanes) is 3. The van der Waals surface area contributed by atoms with Gasteiger partial charge in [-0.05, 0) is 38.0 Å². The SMILES string of the molecule is CCCCCCNC(=O)N(C)C1CCC(CO)CC1. The van der Waals surface area contributed by atoms with E-state index in [0.29, 0.717) is 18.6 Å². The highest BCUT2D eigenvalue weighted by Gasteiger charge is 2.25. The monoisotopic (exact) mass is 270 g/mol. The molecule has 0 aromatic carbocycles. The molecule has 1 rings (SSSR count). The van der Waals surface area contributed by atoms with Crippen molar-refractivity contribution in [1.29, 1.82) is 0 Å². The highest BCUT2D eigenvalue weighted by molar-refractivity contribution is 5.74. The van der Waals surface area contributed by atoms with Crippen molar-refractivity contribution in [2.45, 2.75) is 64.3 Å². The second-order valence-corrected chi connectivity index (χ2v) is 5.76. The molecule has 0 atom stereocenters. The molecule has 0 aromatic heterocycles. The molecule has 1 aliphatic carbocycles. The zero-order chi connectivity index (χ0) is 14.1. The standard InChI is InChI=1S/C15H30N2O2/c1-3-4-5-6-11-16-15(19)17(2)14-9-7-13(12-18)8-10-14/h13-14,18H,3-12H2,1-2H3,(H,16,19). The number of carbonyl (C=O) groups is 1. The van der Waals surface area contributed by atoms with E-state index in [1.54, 1.807) is 0 Å². The molecule has 0 aromatic rings. The van der Waals surface area contributed by atoms with Crippen LogP contribution in [0, 0.1) is 5.92 Å². The Bertz CT molecular complexity index is 251. The highest BCUT2D eigenvalue weighted by Crippen LogP contribution is 2.26. The van der Waals surface area contributed by atoms with E-state index >= 15 is 0 Å². The van der Waals surface area contributed by atoms with Crippen molar-refractivity contribution in [3.63, 3.8) is 0 Å². The minimum absolute atomic E-state index is 0.0592. The van der Waals surface area contributed by atoms with Crippen LogP contribution in [0.4, 0.5) is 4.79 Å². The van der Waals surface area contributed by atoms with E-state index < -0.39 is 0 Å². The first-order valence-electron chi connectivity index (χ1n) is 7.80. The molecule has 19 heavy (non-hydrogen) atoms. The summed E-state index contributed by atoms with van der Waals surface area (Å²) in [5.74, 6) is 0.446. The van der Waals surface area contributed by atoms with Gasteiger partial charge in [-0.15, -0.1) is 0 Å². The zero-order valence-electron chi connectivity index (χ0n) is 12.5. The first-order valence-corrected chi connectivity index (χ1v) is 7.80. The average Bonchev–Trinajstić information content (AvgIpc) is 2.46. The molecule has 2 N–H and O–H groups in total. The summed E-state index contributed by atoms with van der Waals surface area (Å²) >= 11 is 0. The molecule has 2 amide bonds. The second kappa shape index (κ2) is 9.18. The molecule has 4 heteroatoms. The van der Waals surface area contributed by atoms with E-state index in [9.17, 15) is 4.79 Å². The van der Waals surface area contributed by atoms with E-state index in [1.165, 1.54) is 19.3 Å². The number of aliphatic hydroxyl groups is 1. The summed E-state index contributed by atoms with van der Waals surface area (Å²) in [6, 6.07) is 0.405. The van der Waals surface area contributed by atoms with E-state index in [-0.39, 0.29) is 6.03 Å². The van der Waals surface area contributed by atoms with Crippen molar-refractivity contribution in [2.75, 3.05) is 20.2 Å². The topological polar surface area (TPSA) is 52.6 Å². The normalized spacial score (nSPS) is 23.1. The van der Waals surface area contributed by atoms with Gasteiger partial charge in [-0.1, -0.05) is 26.2 Å². The molecule has 0 heterocycles. The molecule has 0 radical (unpaired) electrons. The Morgan fingerprint density at radius 2 is 1.89 bits per heavy atom. The Morgan fingerprint density at radius 1 is 1.21 bits per heavy atom. The molecule has 0 aliphatic heterocycles. The third-order valence-corrected chi connectivity index (χ3v) is 4.25. The van der Waals surface area contributed by atoms with Crippen molar-refractivity contribution in [3.8, 4) is 0 Å². The van der Waals surface area contributed by atoms with Crippen LogP contribution >= 0.6 is 0 Å². The Balaban J connectivity index is 2.17. The van der Waals surface area contributed by atoms with Gasteiger partial charge >= 0.3 is 6.03 Å². The molecule has 112 valence electrons. The molecule has 1 fully saturated rings. The fourth-order valence-electron chi connectivity index (χ4n) is 2.75. The Labute approximate surface area is 117 Å². The predicted octanol–water partition coefficient (Wildman–Crippen LogP) is 2.76. The van der Waals surface area contributed by atoms with Gasteiger partial charge in [-0.2, -0.15) is 0 Å². The maximum Gasteiger partial charge on any atom is 0.317 e. The number of urea groups is 1. The molecule has 0 saturated heterocycles. The lowest BCUT2D eigenvalue weighted by Crippen LogP contribution is -2.45. The molecule has 0 spiro atoms. The molecule has 1 saturated carbocycles. The number of hydrogen-bond donors (Lipinski definition) is 2. The lowest BCUT2D eigenvalue weighted by atomic mass is 9.86. The average molecular weight is 270 g/mol. The number of rotatable bonds is 7. The van der Waals surface area contributed by atoms with E-state index in [1.807, 2.05) is 11.9 Å². The summed E-state index contributed by atoms with van der Waals surface area (Å²) in [5, 5.41) is 12.1. The number of nitrogens with zero attached hydrogens (tertiary/aromatic N) is 1. The predicted molar refractivity (Wildman–Crippen MR) is 78.1 cm³/mol. The number of nitrogens with one attached hydrogen (secondary N) is 1. The summed E-state index contributed by atoms with van der Waals surface area (Å²) in [7, 11) is 1.89. The van der Waals surface area contributed by atoms with Crippen molar-refractivity contribution in [2.24, 2.45) is 5.92 Å². The van der Waals surface area contributed by atoms with Gasteiger partial charge in [0, 0.05) is 26.2 Å². The van der Waals surface area contributed by atoms with Crippen LogP contribution in [-0.4, -0.2) is 42.3 Å². The van der Waals surface area contributed by atoms with Crippen molar-refractivity contribution in [1.82, 2.24) is 10.2 Å². The summed E-state index contributed by atoms with van der Waals surface area (Å²) in [5.41, 5.74) is 0. The van der Waals surface area contributed by atoms with Crippen molar-refractivity contribution >= 4 is 6.03 Å². The molecule has 1 aliphatic rings. The molecule has 0 bridgehead atoms. The van der Waals surface area contributed by atoms with Gasteiger partial charge in [-0.25, -0.2) is 4.79 Å². The van der Waals surface area contributed by atoms with Crippen LogP contribution in [0.5, 0.6) is 0 Å². The van der Waals surface area contributed by atoms with Gasteiger partial charge in [0.05, 0.1) is 0 Å². The van der Waals surface area contributed by atoms with Crippen LogP contribution in [0.15, 0.2) is 0 Å². The fraction of sp³-hybridized carbons (Fsp3) is 0.933. The van der Waals surface area contributed by atoms with Gasteiger partial charge in [0.2, 0.25) is 0 Å². The largest absolute Gasteiger partial charge is 0.396 e. The summed E-state index contributed by atoms with van der Waals surface area (Å²) in [4.78, 5) is 13.8. The second-order valence-electron chi connectivity index (χ2n) is 5.76. The first-order chi connectivity index (χ1) is 9.19. The van der Waals surface area contributed by atoms with Crippen molar-refractivity contribution < 1.29 is 9.90 Å². The maximum atomic E-state index is 12.0. The number of carbonyl (C=O) groups excluding carboxylic acids is 1. The molecular formula is C15H30N2O2. The number of hydrogen-bond acceptors (Lipinski definition) is 2. The highest BCUT2D eigenvalue weighted by atomic mass is 16.3. The third-order valence-electron chi connectivity index (χ3n) is 4.25. The minimum atomic E-state index is 0.0592. The molecule has 0 unspecified atom stereocenters. The maximum absolute atomic E-state index is 12.0. The molecular weight excluding hydrogens is 240 g/mol. The van der Waals surface area contributed by atoms with Gasteiger partial charge in [0.1, 0.15) is 0 Å². The van der Waals surface area contributed by atoms with Crippen LogP contribution in [-0.2, 0) is 0 Å². The summed E-state index contributed by atoms with van der Waals surface area (Å²) < 4.78 is 0.